The summed E-state index contributed by atoms with van der Waals surface area (Å²) in [5.41, 5.74) is 3.52. The molecule has 4 heteroatoms. The number of ketones is 1. The van der Waals surface area contributed by atoms with Crippen molar-refractivity contribution in [1.29, 1.82) is 0 Å². The first kappa shape index (κ1) is 12.5. The third-order valence-corrected chi connectivity index (χ3v) is 4.78. The Morgan fingerprint density at radius 2 is 2.16 bits per heavy atom. The number of rotatable bonds is 3. The number of hydrogen-bond acceptors (Lipinski definition) is 3. The van der Waals surface area contributed by atoms with E-state index in [9.17, 15) is 4.79 Å². The van der Waals surface area contributed by atoms with Crippen molar-refractivity contribution in [2.45, 2.75) is 25.1 Å². The number of thioether (sulfide) groups is 1. The van der Waals surface area contributed by atoms with Gasteiger partial charge < -0.3 is 4.57 Å². The molecule has 2 aromatic rings. The number of aromatic nitrogens is 2. The zero-order valence-corrected chi connectivity index (χ0v) is 11.7. The molecule has 0 radical (unpaired) electrons. The fourth-order valence-electron chi connectivity index (χ4n) is 2.41. The van der Waals surface area contributed by atoms with Gasteiger partial charge in [0.1, 0.15) is 5.78 Å². The zero-order chi connectivity index (χ0) is 13.2. The van der Waals surface area contributed by atoms with E-state index in [0.717, 1.165) is 12.2 Å². The lowest BCUT2D eigenvalue weighted by molar-refractivity contribution is -0.116. The minimum atomic E-state index is 0.254. The van der Waals surface area contributed by atoms with Crippen molar-refractivity contribution < 1.29 is 4.79 Å². The summed E-state index contributed by atoms with van der Waals surface area (Å²) in [5, 5.41) is 0.254. The fraction of sp³-hybridized carbons (Fsp3) is 0.333. The molecule has 0 spiro atoms. The van der Waals surface area contributed by atoms with Gasteiger partial charge in [0.15, 0.2) is 0 Å². The summed E-state index contributed by atoms with van der Waals surface area (Å²) in [4.78, 5) is 15.9. The molecule has 1 fully saturated rings. The minimum absolute atomic E-state index is 0.254. The molecule has 1 aromatic heterocycles. The first-order valence-electron chi connectivity index (χ1n) is 6.43. The van der Waals surface area contributed by atoms with E-state index in [1.165, 1.54) is 11.3 Å². The van der Waals surface area contributed by atoms with Gasteiger partial charge in [-0.2, -0.15) is 0 Å². The second-order valence-corrected chi connectivity index (χ2v) is 6.06. The molecule has 0 bridgehead atoms. The van der Waals surface area contributed by atoms with Crippen LogP contribution in [0.25, 0.3) is 0 Å². The van der Waals surface area contributed by atoms with Gasteiger partial charge >= 0.3 is 0 Å². The highest BCUT2D eigenvalue weighted by Gasteiger charge is 2.27. The number of benzene rings is 1. The summed E-state index contributed by atoms with van der Waals surface area (Å²) in [6.45, 7) is 2.93. The Morgan fingerprint density at radius 1 is 1.37 bits per heavy atom. The first-order chi connectivity index (χ1) is 9.24. The molecule has 98 valence electrons. The summed E-state index contributed by atoms with van der Waals surface area (Å²) >= 11 is 1.71. The molecule has 2 heterocycles. The van der Waals surface area contributed by atoms with Crippen molar-refractivity contribution in [3.63, 3.8) is 0 Å². The normalized spacial score (nSPS) is 19.0. The number of nitrogens with zero attached hydrogens (tertiary/aromatic N) is 2. The molecule has 3 nitrogen and oxygen atoms in total. The van der Waals surface area contributed by atoms with Crippen LogP contribution in [0, 0.1) is 6.92 Å². The summed E-state index contributed by atoms with van der Waals surface area (Å²) in [6.07, 6.45) is 2.52. The molecule has 0 N–H and O–H groups in total. The SMILES string of the molecule is Cc1c(C2CC(=O)CS2)ncn1Cc1ccccc1. The summed E-state index contributed by atoms with van der Waals surface area (Å²) < 4.78 is 2.16. The van der Waals surface area contributed by atoms with Crippen LogP contribution in [0.2, 0.25) is 0 Å². The van der Waals surface area contributed by atoms with Gasteiger partial charge in [0.25, 0.3) is 0 Å². The average Bonchev–Trinajstić information content (AvgIpc) is 2.99. The number of hydrogen-bond donors (Lipinski definition) is 0. The standard InChI is InChI=1S/C15H16N2OS/c1-11-15(14-7-13(18)9-19-14)16-10-17(11)8-12-5-3-2-4-6-12/h2-6,10,14H,7-9H2,1H3. The predicted molar refractivity (Wildman–Crippen MR) is 77.3 cm³/mol. The molecule has 1 atom stereocenters. The van der Waals surface area contributed by atoms with Crippen molar-refractivity contribution in [2.75, 3.05) is 5.75 Å². The quantitative estimate of drug-likeness (QED) is 0.861. The van der Waals surface area contributed by atoms with Crippen LogP contribution in [0.1, 0.15) is 28.6 Å². The Bertz CT molecular complexity index is 591. The largest absolute Gasteiger partial charge is 0.330 e. The number of Topliss-reactive ketones (excluding diaryl/α,β-unsaturated/α-hetero) is 1. The Morgan fingerprint density at radius 3 is 2.84 bits per heavy atom. The van der Waals surface area contributed by atoms with Crippen molar-refractivity contribution in [2.24, 2.45) is 0 Å². The minimum Gasteiger partial charge on any atom is -0.330 e. The van der Waals surface area contributed by atoms with Crippen LogP contribution in [-0.2, 0) is 11.3 Å². The van der Waals surface area contributed by atoms with Gasteiger partial charge in [0, 0.05) is 18.7 Å². The lowest BCUT2D eigenvalue weighted by Crippen LogP contribution is -2.02. The van der Waals surface area contributed by atoms with E-state index in [2.05, 4.69) is 28.6 Å². The van der Waals surface area contributed by atoms with Crippen molar-refractivity contribution in [3.05, 3.63) is 53.6 Å². The molecule has 0 amide bonds. The maximum atomic E-state index is 11.4. The molecule has 3 rings (SSSR count). The Balaban J connectivity index is 1.81. The number of imidazole rings is 1. The van der Waals surface area contributed by atoms with E-state index >= 15 is 0 Å². The van der Waals surface area contributed by atoms with Crippen LogP contribution in [0.15, 0.2) is 36.7 Å². The highest BCUT2D eigenvalue weighted by atomic mass is 32.2. The molecule has 0 aliphatic carbocycles. The molecule has 1 aliphatic rings. The van der Waals surface area contributed by atoms with Crippen LogP contribution in [0.5, 0.6) is 0 Å². The highest BCUT2D eigenvalue weighted by Crippen LogP contribution is 2.38. The Labute approximate surface area is 117 Å². The molecule has 1 aliphatic heterocycles. The van der Waals surface area contributed by atoms with Crippen LogP contribution < -0.4 is 0 Å². The van der Waals surface area contributed by atoms with Gasteiger partial charge in [-0.05, 0) is 12.5 Å². The summed E-state index contributed by atoms with van der Waals surface area (Å²) in [7, 11) is 0. The van der Waals surface area contributed by atoms with E-state index in [1.54, 1.807) is 11.8 Å². The second-order valence-electron chi connectivity index (χ2n) is 4.87. The number of carbonyl (C=O) groups excluding carboxylic acids is 1. The third-order valence-electron chi connectivity index (χ3n) is 3.50. The van der Waals surface area contributed by atoms with E-state index < -0.39 is 0 Å². The topological polar surface area (TPSA) is 34.9 Å². The van der Waals surface area contributed by atoms with E-state index in [0.29, 0.717) is 18.0 Å². The highest BCUT2D eigenvalue weighted by molar-refractivity contribution is 8.00. The second kappa shape index (κ2) is 5.21. The summed E-state index contributed by atoms with van der Waals surface area (Å²) in [5.74, 6) is 0.974. The monoisotopic (exact) mass is 272 g/mol. The average molecular weight is 272 g/mol. The molecule has 1 saturated heterocycles. The molecular formula is C15H16N2OS. The van der Waals surface area contributed by atoms with Gasteiger partial charge in [0.05, 0.1) is 23.0 Å². The molecule has 1 unspecified atom stereocenters. The van der Waals surface area contributed by atoms with Gasteiger partial charge in [0.2, 0.25) is 0 Å². The van der Waals surface area contributed by atoms with Gasteiger partial charge in [-0.25, -0.2) is 4.98 Å². The molecular weight excluding hydrogens is 256 g/mol. The smallest absolute Gasteiger partial charge is 0.144 e. The van der Waals surface area contributed by atoms with Crippen LogP contribution in [-0.4, -0.2) is 21.1 Å². The maximum absolute atomic E-state index is 11.4. The molecule has 0 saturated carbocycles. The van der Waals surface area contributed by atoms with Gasteiger partial charge in [-0.3, -0.25) is 4.79 Å². The third kappa shape index (κ3) is 2.59. The van der Waals surface area contributed by atoms with Crippen LogP contribution in [0.3, 0.4) is 0 Å². The zero-order valence-electron chi connectivity index (χ0n) is 10.9. The summed E-state index contributed by atoms with van der Waals surface area (Å²) in [6, 6.07) is 10.4. The first-order valence-corrected chi connectivity index (χ1v) is 7.48. The van der Waals surface area contributed by atoms with Crippen LogP contribution in [0.4, 0.5) is 0 Å². The van der Waals surface area contributed by atoms with Gasteiger partial charge in [-0.1, -0.05) is 30.3 Å². The van der Waals surface area contributed by atoms with Crippen molar-refractivity contribution in [3.8, 4) is 0 Å². The number of carbonyl (C=O) groups is 1. The lowest BCUT2D eigenvalue weighted by Gasteiger charge is -2.08. The fourth-order valence-corrected chi connectivity index (χ4v) is 3.61. The van der Waals surface area contributed by atoms with Crippen molar-refractivity contribution in [1.82, 2.24) is 9.55 Å². The Kier molecular flexibility index (Phi) is 3.42. The maximum Gasteiger partial charge on any atom is 0.144 e. The Hall–Kier alpha value is -1.55. The van der Waals surface area contributed by atoms with Gasteiger partial charge in [-0.15, -0.1) is 11.8 Å². The van der Waals surface area contributed by atoms with Crippen molar-refractivity contribution >= 4 is 17.5 Å². The van der Waals surface area contributed by atoms with E-state index in [4.69, 9.17) is 0 Å². The predicted octanol–water partition coefficient (Wildman–Crippen LogP) is 2.99. The van der Waals surface area contributed by atoms with Crippen LogP contribution >= 0.6 is 11.8 Å². The van der Waals surface area contributed by atoms with E-state index in [-0.39, 0.29) is 5.25 Å². The van der Waals surface area contributed by atoms with E-state index in [1.807, 2.05) is 24.5 Å². The molecule has 19 heavy (non-hydrogen) atoms. The molecule has 1 aromatic carbocycles. The lowest BCUT2D eigenvalue weighted by atomic mass is 10.1.